The number of rotatable bonds is 5. The molecule has 4 aliphatic rings. The molecule has 6 heteroatoms. The molecule has 1 atom stereocenters. The van der Waals surface area contributed by atoms with Crippen LogP contribution >= 0.6 is 0 Å². The molecule has 1 aromatic rings. The number of carbonyl (C=O) groups excluding carboxylic acids is 1. The second-order valence-electron chi connectivity index (χ2n) is 8.17. The largest absolute Gasteiger partial charge is 0.474 e. The summed E-state index contributed by atoms with van der Waals surface area (Å²) < 4.78 is 5.63. The van der Waals surface area contributed by atoms with Crippen LogP contribution in [-0.2, 0) is 4.79 Å². The van der Waals surface area contributed by atoms with Gasteiger partial charge in [0.2, 0.25) is 0 Å². The number of amides is 1. The predicted octanol–water partition coefficient (Wildman–Crippen LogP) is 3.45. The van der Waals surface area contributed by atoms with Crippen molar-refractivity contribution in [3.8, 4) is 5.75 Å². The lowest BCUT2D eigenvalue weighted by atomic mass is 9.53. The molecule has 1 amide bonds. The summed E-state index contributed by atoms with van der Waals surface area (Å²) in [5, 5.41) is 14.4. The smallest absolute Gasteiger partial charge is 0.310 e. The highest BCUT2D eigenvalue weighted by Crippen LogP contribution is 2.55. The Kier molecular flexibility index (Phi) is 3.93. The van der Waals surface area contributed by atoms with E-state index >= 15 is 0 Å². The normalized spacial score (nSPS) is 33.7. The van der Waals surface area contributed by atoms with Crippen LogP contribution in [0.2, 0.25) is 0 Å². The van der Waals surface area contributed by atoms with Gasteiger partial charge < -0.3 is 10.1 Å². The molecule has 4 fully saturated rings. The number of benzene rings is 1. The number of nitrogens with one attached hydrogen (secondary N) is 1. The number of nitro benzene ring substituents is 1. The van der Waals surface area contributed by atoms with Crippen molar-refractivity contribution < 1.29 is 14.5 Å². The third kappa shape index (κ3) is 3.10. The zero-order valence-corrected chi connectivity index (χ0v) is 14.4. The molecule has 0 aliphatic heterocycles. The van der Waals surface area contributed by atoms with Gasteiger partial charge in [-0.25, -0.2) is 0 Å². The van der Waals surface area contributed by atoms with E-state index in [9.17, 15) is 14.9 Å². The summed E-state index contributed by atoms with van der Waals surface area (Å²) in [6.07, 6.45) is 6.41. The molecule has 0 unspecified atom stereocenters. The topological polar surface area (TPSA) is 81.5 Å². The van der Waals surface area contributed by atoms with E-state index in [1.165, 1.54) is 31.4 Å². The third-order valence-corrected chi connectivity index (χ3v) is 6.16. The Morgan fingerprint density at radius 2 is 1.76 bits per heavy atom. The highest BCUT2D eigenvalue weighted by atomic mass is 16.6. The van der Waals surface area contributed by atoms with Crippen LogP contribution in [0, 0.1) is 27.9 Å². The maximum Gasteiger partial charge on any atom is 0.310 e. The van der Waals surface area contributed by atoms with E-state index in [4.69, 9.17) is 4.74 Å². The lowest BCUT2D eigenvalue weighted by molar-refractivity contribution is -0.386. The van der Waals surface area contributed by atoms with Crippen molar-refractivity contribution in [1.82, 2.24) is 5.32 Å². The number of hydrogen-bond donors (Lipinski definition) is 1. The van der Waals surface area contributed by atoms with Gasteiger partial charge in [-0.1, -0.05) is 12.1 Å². The molecule has 0 heterocycles. The molecule has 4 bridgehead atoms. The minimum absolute atomic E-state index is 0.0773. The molecule has 4 aliphatic carbocycles. The second kappa shape index (κ2) is 6.00. The highest BCUT2D eigenvalue weighted by Gasteiger charge is 2.51. The van der Waals surface area contributed by atoms with Gasteiger partial charge in [-0.2, -0.15) is 0 Å². The van der Waals surface area contributed by atoms with Crippen LogP contribution in [0.3, 0.4) is 0 Å². The van der Waals surface area contributed by atoms with E-state index in [1.54, 1.807) is 19.1 Å². The van der Waals surface area contributed by atoms with Crippen molar-refractivity contribution in [2.24, 2.45) is 17.8 Å². The van der Waals surface area contributed by atoms with E-state index in [-0.39, 0.29) is 22.9 Å². The maximum atomic E-state index is 12.7. The number of hydrogen-bond acceptors (Lipinski definition) is 4. The van der Waals surface area contributed by atoms with Gasteiger partial charge in [0, 0.05) is 11.6 Å². The number of ether oxygens (including phenoxy) is 1. The van der Waals surface area contributed by atoms with Gasteiger partial charge in [0.1, 0.15) is 0 Å². The molecular weight excluding hydrogens is 320 g/mol. The fourth-order valence-corrected chi connectivity index (χ4v) is 5.58. The lowest BCUT2D eigenvalue weighted by Gasteiger charge is -2.57. The lowest BCUT2D eigenvalue weighted by Crippen LogP contribution is -2.61. The van der Waals surface area contributed by atoms with Gasteiger partial charge in [0.05, 0.1) is 4.92 Å². The van der Waals surface area contributed by atoms with E-state index in [0.717, 1.165) is 37.0 Å². The SMILES string of the molecule is C[C@H](Oc1ccccc1[N+](=O)[O-])C(=O)NC12CC3CC(CC(C3)C1)C2. The van der Waals surface area contributed by atoms with Gasteiger partial charge in [-0.3, -0.25) is 14.9 Å². The van der Waals surface area contributed by atoms with Crippen molar-refractivity contribution in [2.75, 3.05) is 0 Å². The number of nitro groups is 1. The average Bonchev–Trinajstić information content (AvgIpc) is 2.53. The van der Waals surface area contributed by atoms with Crippen LogP contribution in [-0.4, -0.2) is 22.5 Å². The monoisotopic (exact) mass is 344 g/mol. The molecule has 0 aromatic heterocycles. The van der Waals surface area contributed by atoms with Crippen LogP contribution in [0.25, 0.3) is 0 Å². The Morgan fingerprint density at radius 3 is 2.32 bits per heavy atom. The Bertz CT molecular complexity index is 667. The summed E-state index contributed by atoms with van der Waals surface area (Å²) >= 11 is 0. The van der Waals surface area contributed by atoms with Gasteiger partial charge in [-0.05, 0) is 69.3 Å². The van der Waals surface area contributed by atoms with Crippen molar-refractivity contribution in [3.63, 3.8) is 0 Å². The van der Waals surface area contributed by atoms with Crippen molar-refractivity contribution in [1.29, 1.82) is 0 Å². The predicted molar refractivity (Wildman–Crippen MR) is 92.2 cm³/mol. The molecule has 1 aromatic carbocycles. The van der Waals surface area contributed by atoms with Gasteiger partial charge in [-0.15, -0.1) is 0 Å². The van der Waals surface area contributed by atoms with Crippen LogP contribution in [0.4, 0.5) is 5.69 Å². The first-order chi connectivity index (χ1) is 11.9. The maximum absolute atomic E-state index is 12.7. The zero-order chi connectivity index (χ0) is 17.6. The molecule has 0 saturated heterocycles. The summed E-state index contributed by atoms with van der Waals surface area (Å²) in [5.41, 5.74) is -0.191. The summed E-state index contributed by atoms with van der Waals surface area (Å²) in [6, 6.07) is 6.18. The molecule has 0 spiro atoms. The number of nitrogens with zero attached hydrogens (tertiary/aromatic N) is 1. The van der Waals surface area contributed by atoms with E-state index in [0.29, 0.717) is 0 Å². The Balaban J connectivity index is 1.44. The fraction of sp³-hybridized carbons (Fsp3) is 0.632. The van der Waals surface area contributed by atoms with Gasteiger partial charge in [0.25, 0.3) is 5.91 Å². The van der Waals surface area contributed by atoms with E-state index in [1.807, 2.05) is 0 Å². The average molecular weight is 344 g/mol. The van der Waals surface area contributed by atoms with Crippen LogP contribution in [0.5, 0.6) is 5.75 Å². The standard InChI is InChI=1S/C19H24N2O4/c1-12(25-17-5-3-2-4-16(17)21(23)24)18(22)20-19-9-13-6-14(10-19)8-15(7-13)11-19/h2-5,12-15H,6-11H2,1H3,(H,20,22)/t12-,13?,14?,15?,19?/m0/s1. The zero-order valence-electron chi connectivity index (χ0n) is 14.4. The molecule has 6 nitrogen and oxygen atoms in total. The Morgan fingerprint density at radius 1 is 1.20 bits per heavy atom. The van der Waals surface area contributed by atoms with Crippen LogP contribution in [0.15, 0.2) is 24.3 Å². The van der Waals surface area contributed by atoms with Crippen LogP contribution < -0.4 is 10.1 Å². The molecule has 5 rings (SSSR count). The Labute approximate surface area is 147 Å². The summed E-state index contributed by atoms with van der Waals surface area (Å²) in [7, 11) is 0. The van der Waals surface area contributed by atoms with Crippen molar-refractivity contribution in [2.45, 2.75) is 57.1 Å². The Hall–Kier alpha value is -2.11. The molecule has 134 valence electrons. The molecule has 0 radical (unpaired) electrons. The number of para-hydroxylation sites is 2. The number of carbonyl (C=O) groups is 1. The fourth-order valence-electron chi connectivity index (χ4n) is 5.58. The first-order valence-corrected chi connectivity index (χ1v) is 9.16. The minimum Gasteiger partial charge on any atom is -0.474 e. The third-order valence-electron chi connectivity index (χ3n) is 6.16. The minimum atomic E-state index is -0.755. The summed E-state index contributed by atoms with van der Waals surface area (Å²) in [5.74, 6) is 2.22. The quantitative estimate of drug-likeness (QED) is 0.655. The molecule has 25 heavy (non-hydrogen) atoms. The molecule has 1 N–H and O–H groups in total. The van der Waals surface area contributed by atoms with Crippen molar-refractivity contribution in [3.05, 3.63) is 34.4 Å². The summed E-state index contributed by atoms with van der Waals surface area (Å²) in [6.45, 7) is 1.66. The van der Waals surface area contributed by atoms with E-state index in [2.05, 4.69) is 5.32 Å². The van der Waals surface area contributed by atoms with Gasteiger partial charge >= 0.3 is 5.69 Å². The first kappa shape index (κ1) is 16.4. The van der Waals surface area contributed by atoms with Crippen LogP contribution in [0.1, 0.15) is 45.4 Å². The first-order valence-electron chi connectivity index (χ1n) is 9.16. The summed E-state index contributed by atoms with van der Waals surface area (Å²) in [4.78, 5) is 23.3. The molecular formula is C19H24N2O4. The van der Waals surface area contributed by atoms with E-state index < -0.39 is 11.0 Å². The molecule has 4 saturated carbocycles. The highest BCUT2D eigenvalue weighted by molar-refractivity contribution is 5.81. The van der Waals surface area contributed by atoms with Crippen molar-refractivity contribution >= 4 is 11.6 Å². The second-order valence-corrected chi connectivity index (χ2v) is 8.17. The van der Waals surface area contributed by atoms with Gasteiger partial charge in [0.15, 0.2) is 11.9 Å².